The number of halogens is 1. The summed E-state index contributed by atoms with van der Waals surface area (Å²) in [5.41, 5.74) is 0.886. The Morgan fingerprint density at radius 3 is 2.50 bits per heavy atom. The van der Waals surface area contributed by atoms with Crippen molar-refractivity contribution in [1.82, 2.24) is 20.1 Å². The molecule has 1 aromatic heterocycles. The third-order valence-electron chi connectivity index (χ3n) is 4.38. The molecule has 0 aliphatic carbocycles. The highest BCUT2D eigenvalue weighted by Crippen LogP contribution is 2.19. The first-order chi connectivity index (χ1) is 12.6. The van der Waals surface area contributed by atoms with Gasteiger partial charge in [0.05, 0.1) is 0 Å². The standard InChI is InChI=1S/C19H23FN4O2/c1-2-23-9-11-24(12-10-23)19(25)22-14-15-3-8-18(21-13-15)26-17-6-4-16(20)5-7-17/h3-8,13H,2,9-12,14H2,1H3,(H,22,25). The Bertz CT molecular complexity index is 713. The van der Waals surface area contributed by atoms with E-state index in [2.05, 4.69) is 22.1 Å². The van der Waals surface area contributed by atoms with Gasteiger partial charge in [0, 0.05) is 45.0 Å². The number of carbonyl (C=O) groups is 1. The summed E-state index contributed by atoms with van der Waals surface area (Å²) in [6.07, 6.45) is 1.66. The van der Waals surface area contributed by atoms with Crippen LogP contribution in [0.15, 0.2) is 42.6 Å². The van der Waals surface area contributed by atoms with E-state index in [4.69, 9.17) is 4.74 Å². The first kappa shape index (κ1) is 18.1. The molecule has 0 spiro atoms. The smallest absolute Gasteiger partial charge is 0.317 e. The van der Waals surface area contributed by atoms with Crippen LogP contribution >= 0.6 is 0 Å². The van der Waals surface area contributed by atoms with Gasteiger partial charge in [-0.05, 0) is 36.4 Å². The summed E-state index contributed by atoms with van der Waals surface area (Å²) in [7, 11) is 0. The number of nitrogens with zero attached hydrogens (tertiary/aromatic N) is 3. The summed E-state index contributed by atoms with van der Waals surface area (Å²) in [5.74, 6) is 0.626. The van der Waals surface area contributed by atoms with E-state index in [9.17, 15) is 9.18 Å². The zero-order valence-electron chi connectivity index (χ0n) is 14.8. The highest BCUT2D eigenvalue weighted by atomic mass is 19.1. The van der Waals surface area contributed by atoms with Crippen molar-refractivity contribution < 1.29 is 13.9 Å². The van der Waals surface area contributed by atoms with Gasteiger partial charge < -0.3 is 19.9 Å². The second-order valence-electron chi connectivity index (χ2n) is 6.14. The Morgan fingerprint density at radius 2 is 1.88 bits per heavy atom. The first-order valence-electron chi connectivity index (χ1n) is 8.77. The summed E-state index contributed by atoms with van der Waals surface area (Å²) >= 11 is 0. The Balaban J connectivity index is 1.47. The van der Waals surface area contributed by atoms with Crippen molar-refractivity contribution in [2.75, 3.05) is 32.7 Å². The lowest BCUT2D eigenvalue weighted by molar-refractivity contribution is 0.142. The number of aromatic nitrogens is 1. The Hall–Kier alpha value is -2.67. The fourth-order valence-corrected chi connectivity index (χ4v) is 2.76. The topological polar surface area (TPSA) is 57.7 Å². The van der Waals surface area contributed by atoms with Crippen LogP contribution in [-0.4, -0.2) is 53.5 Å². The monoisotopic (exact) mass is 358 g/mol. The Kier molecular flexibility index (Phi) is 6.01. The number of piperazine rings is 1. The largest absolute Gasteiger partial charge is 0.439 e. The van der Waals surface area contributed by atoms with Gasteiger partial charge in [-0.1, -0.05) is 13.0 Å². The number of hydrogen-bond acceptors (Lipinski definition) is 4. The summed E-state index contributed by atoms with van der Waals surface area (Å²) < 4.78 is 18.4. The van der Waals surface area contributed by atoms with Crippen LogP contribution in [-0.2, 0) is 6.54 Å². The molecule has 2 aromatic rings. The van der Waals surface area contributed by atoms with Crippen LogP contribution < -0.4 is 10.1 Å². The van der Waals surface area contributed by atoms with Gasteiger partial charge in [-0.2, -0.15) is 0 Å². The molecule has 0 atom stereocenters. The molecule has 26 heavy (non-hydrogen) atoms. The first-order valence-corrected chi connectivity index (χ1v) is 8.77. The zero-order chi connectivity index (χ0) is 18.4. The van der Waals surface area contributed by atoms with Crippen LogP contribution in [0, 0.1) is 5.82 Å². The van der Waals surface area contributed by atoms with Gasteiger partial charge in [-0.3, -0.25) is 0 Å². The molecule has 1 aromatic carbocycles. The number of benzene rings is 1. The van der Waals surface area contributed by atoms with E-state index in [0.717, 1.165) is 38.3 Å². The van der Waals surface area contributed by atoms with Crippen molar-refractivity contribution in [3.05, 3.63) is 54.0 Å². The van der Waals surface area contributed by atoms with E-state index in [1.54, 1.807) is 24.4 Å². The van der Waals surface area contributed by atoms with Crippen LogP contribution in [0.4, 0.5) is 9.18 Å². The summed E-state index contributed by atoms with van der Waals surface area (Å²) in [4.78, 5) is 20.6. The molecule has 0 unspecified atom stereocenters. The van der Waals surface area contributed by atoms with Crippen molar-refractivity contribution >= 4 is 6.03 Å². The molecule has 2 amide bonds. The molecule has 0 saturated carbocycles. The van der Waals surface area contributed by atoms with Crippen LogP contribution in [0.3, 0.4) is 0 Å². The van der Waals surface area contributed by atoms with Crippen LogP contribution in [0.1, 0.15) is 12.5 Å². The van der Waals surface area contributed by atoms with E-state index in [1.807, 2.05) is 11.0 Å². The van der Waals surface area contributed by atoms with Gasteiger partial charge in [-0.25, -0.2) is 14.2 Å². The predicted molar refractivity (Wildman–Crippen MR) is 96.6 cm³/mol. The van der Waals surface area contributed by atoms with E-state index in [-0.39, 0.29) is 11.8 Å². The maximum Gasteiger partial charge on any atom is 0.317 e. The molecule has 1 aliphatic heterocycles. The highest BCUT2D eigenvalue weighted by Gasteiger charge is 2.19. The van der Waals surface area contributed by atoms with Crippen LogP contribution in [0.2, 0.25) is 0 Å². The average Bonchev–Trinajstić information content (AvgIpc) is 2.69. The molecule has 3 rings (SSSR count). The minimum atomic E-state index is -0.312. The number of carbonyl (C=O) groups excluding carboxylic acids is 1. The van der Waals surface area contributed by atoms with Crippen molar-refractivity contribution in [2.24, 2.45) is 0 Å². The number of amides is 2. The third kappa shape index (κ3) is 4.92. The van der Waals surface area contributed by atoms with Gasteiger partial charge in [-0.15, -0.1) is 0 Å². The minimum absolute atomic E-state index is 0.0487. The fraction of sp³-hybridized carbons (Fsp3) is 0.368. The summed E-state index contributed by atoms with van der Waals surface area (Å²) in [6.45, 7) is 6.91. The molecule has 0 bridgehead atoms. The van der Waals surface area contributed by atoms with Crippen LogP contribution in [0.25, 0.3) is 0 Å². The molecule has 7 heteroatoms. The Morgan fingerprint density at radius 1 is 1.15 bits per heavy atom. The Labute approximate surface area is 152 Å². The van der Waals surface area contributed by atoms with E-state index in [0.29, 0.717) is 18.2 Å². The highest BCUT2D eigenvalue weighted by molar-refractivity contribution is 5.74. The molecular weight excluding hydrogens is 335 g/mol. The quantitative estimate of drug-likeness (QED) is 0.893. The molecule has 138 valence electrons. The van der Waals surface area contributed by atoms with E-state index < -0.39 is 0 Å². The van der Waals surface area contributed by atoms with Gasteiger partial charge in [0.2, 0.25) is 5.88 Å². The van der Waals surface area contributed by atoms with Gasteiger partial charge >= 0.3 is 6.03 Å². The molecule has 2 heterocycles. The van der Waals surface area contributed by atoms with Gasteiger partial charge in [0.15, 0.2) is 0 Å². The average molecular weight is 358 g/mol. The van der Waals surface area contributed by atoms with E-state index >= 15 is 0 Å². The van der Waals surface area contributed by atoms with Gasteiger partial charge in [0.25, 0.3) is 0 Å². The normalized spacial score (nSPS) is 14.9. The lowest BCUT2D eigenvalue weighted by atomic mass is 10.3. The third-order valence-corrected chi connectivity index (χ3v) is 4.38. The maximum absolute atomic E-state index is 12.9. The van der Waals surface area contributed by atoms with E-state index in [1.165, 1.54) is 12.1 Å². The number of ether oxygens (including phenoxy) is 1. The van der Waals surface area contributed by atoms with Crippen molar-refractivity contribution in [1.29, 1.82) is 0 Å². The number of likely N-dealkylation sites (N-methyl/N-ethyl adjacent to an activating group) is 1. The van der Waals surface area contributed by atoms with Crippen molar-refractivity contribution in [3.63, 3.8) is 0 Å². The number of nitrogens with one attached hydrogen (secondary N) is 1. The van der Waals surface area contributed by atoms with Crippen molar-refractivity contribution in [2.45, 2.75) is 13.5 Å². The SMILES string of the molecule is CCN1CCN(C(=O)NCc2ccc(Oc3ccc(F)cc3)nc2)CC1. The second kappa shape index (κ2) is 8.62. The molecule has 0 radical (unpaired) electrons. The fourth-order valence-electron chi connectivity index (χ4n) is 2.76. The lowest BCUT2D eigenvalue weighted by Crippen LogP contribution is -2.51. The predicted octanol–water partition coefficient (Wildman–Crippen LogP) is 2.86. The molecular formula is C19H23FN4O2. The minimum Gasteiger partial charge on any atom is -0.439 e. The second-order valence-corrected chi connectivity index (χ2v) is 6.14. The molecule has 1 saturated heterocycles. The number of urea groups is 1. The summed E-state index contributed by atoms with van der Waals surface area (Å²) in [5, 5.41) is 2.92. The molecule has 1 aliphatic rings. The lowest BCUT2D eigenvalue weighted by Gasteiger charge is -2.34. The van der Waals surface area contributed by atoms with Gasteiger partial charge in [0.1, 0.15) is 11.6 Å². The zero-order valence-corrected chi connectivity index (χ0v) is 14.8. The maximum atomic E-state index is 12.9. The number of rotatable bonds is 5. The van der Waals surface area contributed by atoms with Crippen molar-refractivity contribution in [3.8, 4) is 11.6 Å². The molecule has 1 N–H and O–H groups in total. The van der Waals surface area contributed by atoms with Crippen LogP contribution in [0.5, 0.6) is 11.6 Å². The summed E-state index contributed by atoms with van der Waals surface area (Å²) in [6, 6.07) is 9.28. The molecule has 1 fully saturated rings. The number of pyridine rings is 1. The number of hydrogen-bond donors (Lipinski definition) is 1. The molecule has 6 nitrogen and oxygen atoms in total.